The number of nitrogen functional groups attached to an aromatic ring is 1. The van der Waals surface area contributed by atoms with Gasteiger partial charge in [-0.1, -0.05) is 0 Å². The van der Waals surface area contributed by atoms with Crippen molar-refractivity contribution in [2.24, 2.45) is 5.73 Å². The average Bonchev–Trinajstić information content (AvgIpc) is 3.02. The summed E-state index contributed by atoms with van der Waals surface area (Å²) in [5.74, 6) is 0.169. The third-order valence-electron chi connectivity index (χ3n) is 3.81. The topological polar surface area (TPSA) is 59.1 Å². The second-order valence-electron chi connectivity index (χ2n) is 5.93. The van der Waals surface area contributed by atoms with Gasteiger partial charge in [0.05, 0.1) is 16.0 Å². The summed E-state index contributed by atoms with van der Waals surface area (Å²) >= 11 is 1.23. The van der Waals surface area contributed by atoms with Gasteiger partial charge in [0.15, 0.2) is 0 Å². The zero-order valence-electron chi connectivity index (χ0n) is 13.9. The van der Waals surface area contributed by atoms with Gasteiger partial charge in [0.25, 0.3) is 0 Å². The fourth-order valence-electron chi connectivity index (χ4n) is 2.50. The van der Waals surface area contributed by atoms with Crippen molar-refractivity contribution in [3.8, 4) is 5.75 Å². The van der Waals surface area contributed by atoms with Gasteiger partial charge in [0.1, 0.15) is 18.2 Å². The summed E-state index contributed by atoms with van der Waals surface area (Å²) in [7, 11) is 0. The van der Waals surface area contributed by atoms with Crippen LogP contribution >= 0.6 is 11.3 Å². The number of alkyl halides is 6. The molecule has 0 fully saturated rings. The highest BCUT2D eigenvalue weighted by molar-refractivity contribution is 7.20. The van der Waals surface area contributed by atoms with Crippen LogP contribution in [0.2, 0.25) is 0 Å². The minimum absolute atomic E-state index is 0.0739. The number of benzene rings is 2. The largest absolute Gasteiger partial charge is 0.489 e. The highest BCUT2D eigenvalue weighted by atomic mass is 32.1. The number of amidine groups is 1. The molecule has 1 heterocycles. The van der Waals surface area contributed by atoms with Crippen LogP contribution in [0.3, 0.4) is 0 Å². The first-order valence-corrected chi connectivity index (χ1v) is 8.54. The van der Waals surface area contributed by atoms with Gasteiger partial charge in [-0.2, -0.15) is 26.3 Å². The maximum atomic E-state index is 12.9. The molecule has 148 valence electrons. The van der Waals surface area contributed by atoms with Crippen LogP contribution in [0.25, 0.3) is 10.1 Å². The summed E-state index contributed by atoms with van der Waals surface area (Å²) in [6.45, 7) is -0.469. The van der Waals surface area contributed by atoms with Crippen molar-refractivity contribution in [2.75, 3.05) is 0 Å². The molecule has 0 radical (unpaired) electrons. The molecule has 0 saturated carbocycles. The normalized spacial score (nSPS) is 12.4. The lowest BCUT2D eigenvalue weighted by atomic mass is 10.1. The first-order chi connectivity index (χ1) is 12.9. The third kappa shape index (κ3) is 4.38. The maximum Gasteiger partial charge on any atom is 0.416 e. The van der Waals surface area contributed by atoms with Crippen molar-refractivity contribution in [1.82, 2.24) is 0 Å². The van der Waals surface area contributed by atoms with Crippen molar-refractivity contribution in [3.63, 3.8) is 0 Å². The lowest BCUT2D eigenvalue weighted by Crippen LogP contribution is -2.12. The highest BCUT2D eigenvalue weighted by Crippen LogP contribution is 2.36. The molecule has 2 aromatic carbocycles. The highest BCUT2D eigenvalue weighted by Gasteiger charge is 2.36. The van der Waals surface area contributed by atoms with Crippen molar-refractivity contribution in [2.45, 2.75) is 19.0 Å². The zero-order chi connectivity index (χ0) is 20.7. The fraction of sp³-hybridized carbons (Fsp3) is 0.167. The Hall–Kier alpha value is -2.75. The number of hydrogen-bond acceptors (Lipinski definition) is 3. The third-order valence-corrected chi connectivity index (χ3v) is 4.94. The van der Waals surface area contributed by atoms with Crippen LogP contribution in [0.4, 0.5) is 26.3 Å². The minimum atomic E-state index is -4.91. The predicted octanol–water partition coefficient (Wildman–Crippen LogP) is 5.80. The summed E-state index contributed by atoms with van der Waals surface area (Å²) in [5.41, 5.74) is 2.40. The number of thiophene rings is 1. The van der Waals surface area contributed by atoms with E-state index in [0.717, 1.165) is 10.1 Å². The van der Waals surface area contributed by atoms with Crippen LogP contribution in [-0.2, 0) is 19.0 Å². The van der Waals surface area contributed by atoms with Gasteiger partial charge in [0, 0.05) is 4.70 Å². The quantitative estimate of drug-likeness (QED) is 0.320. The first-order valence-electron chi connectivity index (χ1n) is 7.72. The standard InChI is InChI=1S/C18H12F6N2OS/c19-17(20,21)11-3-9(4-12(6-11)18(22,23)24)8-27-13-2-1-10-5-15(16(25)26)28-14(10)7-13/h1-7H,8H2,(H3,25,26). The number of halogens is 6. The maximum absolute atomic E-state index is 12.9. The Bertz CT molecular complexity index is 1010. The Morgan fingerprint density at radius 1 is 0.929 bits per heavy atom. The summed E-state index contributed by atoms with van der Waals surface area (Å²) in [4.78, 5) is 0.542. The number of ether oxygens (including phenoxy) is 1. The van der Waals surface area contributed by atoms with Crippen molar-refractivity contribution >= 4 is 27.3 Å². The van der Waals surface area contributed by atoms with Crippen LogP contribution < -0.4 is 10.5 Å². The van der Waals surface area contributed by atoms with Gasteiger partial charge < -0.3 is 10.5 Å². The van der Waals surface area contributed by atoms with E-state index in [1.54, 1.807) is 18.2 Å². The molecule has 0 aliphatic carbocycles. The average molecular weight is 418 g/mol. The van der Waals surface area contributed by atoms with Crippen LogP contribution in [-0.4, -0.2) is 5.84 Å². The van der Waals surface area contributed by atoms with Crippen molar-refractivity contribution < 1.29 is 31.1 Å². The van der Waals surface area contributed by atoms with E-state index in [0.29, 0.717) is 17.0 Å². The Morgan fingerprint density at radius 3 is 2.07 bits per heavy atom. The Morgan fingerprint density at radius 2 is 1.54 bits per heavy atom. The molecule has 0 spiro atoms. The van der Waals surface area contributed by atoms with Gasteiger partial charge in [-0.3, -0.25) is 5.41 Å². The molecular formula is C18H12F6N2OS. The molecule has 0 aliphatic rings. The lowest BCUT2D eigenvalue weighted by Gasteiger charge is -2.14. The molecule has 10 heteroatoms. The van der Waals surface area contributed by atoms with Gasteiger partial charge in [-0.15, -0.1) is 11.3 Å². The van der Waals surface area contributed by atoms with E-state index >= 15 is 0 Å². The molecule has 3 rings (SSSR count). The molecule has 0 atom stereocenters. The molecule has 28 heavy (non-hydrogen) atoms. The second kappa shape index (κ2) is 7.01. The summed E-state index contributed by atoms with van der Waals surface area (Å²) in [5, 5.41) is 8.22. The van der Waals surface area contributed by atoms with Gasteiger partial charge in [-0.25, -0.2) is 0 Å². The fourth-order valence-corrected chi connectivity index (χ4v) is 3.46. The van der Waals surface area contributed by atoms with Crippen LogP contribution in [0, 0.1) is 5.41 Å². The van der Waals surface area contributed by atoms with E-state index in [-0.39, 0.29) is 23.2 Å². The minimum Gasteiger partial charge on any atom is -0.489 e. The van der Waals surface area contributed by atoms with Crippen molar-refractivity contribution in [1.29, 1.82) is 5.41 Å². The first kappa shape index (κ1) is 20.0. The molecule has 3 aromatic rings. The van der Waals surface area contributed by atoms with Gasteiger partial charge in [-0.05, 0) is 53.4 Å². The molecular weight excluding hydrogens is 406 g/mol. The van der Waals surface area contributed by atoms with E-state index in [4.69, 9.17) is 15.9 Å². The molecule has 0 bridgehead atoms. The molecule has 0 amide bonds. The van der Waals surface area contributed by atoms with E-state index in [2.05, 4.69) is 0 Å². The molecule has 1 aromatic heterocycles. The van der Waals surface area contributed by atoms with Crippen molar-refractivity contribution in [3.05, 3.63) is 64.0 Å². The predicted molar refractivity (Wildman–Crippen MR) is 93.6 cm³/mol. The van der Waals surface area contributed by atoms with Crippen LogP contribution in [0.5, 0.6) is 5.75 Å². The summed E-state index contributed by atoms with van der Waals surface area (Å²) in [6.07, 6.45) is -9.82. The number of nitrogens with two attached hydrogens (primary N) is 1. The van der Waals surface area contributed by atoms with E-state index < -0.39 is 30.1 Å². The number of nitrogens with one attached hydrogen (secondary N) is 1. The summed E-state index contributed by atoms with van der Waals surface area (Å²) < 4.78 is 83.6. The molecule has 0 aliphatic heterocycles. The second-order valence-corrected chi connectivity index (χ2v) is 7.01. The molecule has 0 saturated heterocycles. The molecule has 3 nitrogen and oxygen atoms in total. The van der Waals surface area contributed by atoms with Gasteiger partial charge in [0.2, 0.25) is 0 Å². The monoisotopic (exact) mass is 418 g/mol. The number of rotatable bonds is 4. The van der Waals surface area contributed by atoms with Gasteiger partial charge >= 0.3 is 12.4 Å². The smallest absolute Gasteiger partial charge is 0.416 e. The molecule has 3 N–H and O–H groups in total. The van der Waals surface area contributed by atoms with Crippen LogP contribution in [0.1, 0.15) is 21.6 Å². The SMILES string of the molecule is N=C(N)c1cc2ccc(OCc3cc(C(F)(F)F)cc(C(F)(F)F)c3)cc2s1. The Kier molecular flexibility index (Phi) is 5.00. The van der Waals surface area contributed by atoms with Crippen LogP contribution in [0.15, 0.2) is 42.5 Å². The summed E-state index contributed by atoms with van der Waals surface area (Å²) in [6, 6.07) is 7.83. The number of hydrogen-bond donors (Lipinski definition) is 2. The lowest BCUT2D eigenvalue weighted by molar-refractivity contribution is -0.143. The number of fused-ring (bicyclic) bond motifs is 1. The van der Waals surface area contributed by atoms with E-state index in [9.17, 15) is 26.3 Å². The van der Waals surface area contributed by atoms with E-state index in [1.807, 2.05) is 0 Å². The Balaban J connectivity index is 1.87. The Labute approximate surface area is 158 Å². The zero-order valence-corrected chi connectivity index (χ0v) is 14.7. The molecule has 0 unspecified atom stereocenters. The van der Waals surface area contributed by atoms with E-state index in [1.165, 1.54) is 17.4 Å².